The summed E-state index contributed by atoms with van der Waals surface area (Å²) >= 11 is 0. The molecule has 0 aromatic carbocycles. The molecule has 1 aromatic heterocycles. The molecule has 1 amide bonds. The fraction of sp³-hybridized carbons (Fsp3) is 0.385. The van der Waals surface area contributed by atoms with Gasteiger partial charge in [0.1, 0.15) is 5.54 Å². The zero-order valence-electron chi connectivity index (χ0n) is 10.5. The maximum absolute atomic E-state index is 12.1. The molecular formula is C13H14N2O4. The molecule has 6 heteroatoms. The molecule has 100 valence electrons. The predicted molar refractivity (Wildman–Crippen MR) is 65.3 cm³/mol. The van der Waals surface area contributed by atoms with Crippen molar-refractivity contribution in [2.75, 3.05) is 0 Å². The van der Waals surface area contributed by atoms with Crippen LogP contribution in [0.5, 0.6) is 0 Å². The fourth-order valence-corrected chi connectivity index (χ4v) is 2.24. The lowest BCUT2D eigenvalue weighted by molar-refractivity contribution is -0.137. The Hall–Kier alpha value is -2.24. The molecule has 2 rings (SSSR count). The largest absolute Gasteiger partial charge is 0.481 e. The third-order valence-corrected chi connectivity index (χ3v) is 3.27. The topological polar surface area (TPSA) is 96.4 Å². The molecule has 1 unspecified atom stereocenters. The van der Waals surface area contributed by atoms with Crippen molar-refractivity contribution >= 4 is 17.7 Å². The first-order valence-corrected chi connectivity index (χ1v) is 5.93. The van der Waals surface area contributed by atoms with Gasteiger partial charge in [-0.1, -0.05) is 6.07 Å². The molecule has 0 radical (unpaired) electrons. The van der Waals surface area contributed by atoms with E-state index in [0.29, 0.717) is 5.56 Å². The molecule has 0 spiro atoms. The first-order valence-electron chi connectivity index (χ1n) is 5.93. The van der Waals surface area contributed by atoms with Gasteiger partial charge >= 0.3 is 5.97 Å². The van der Waals surface area contributed by atoms with Crippen LogP contribution in [0.2, 0.25) is 0 Å². The van der Waals surface area contributed by atoms with E-state index in [4.69, 9.17) is 5.11 Å². The normalized spacial score (nSPS) is 22.4. The number of hydrogen-bond donors (Lipinski definition) is 2. The number of nitrogens with zero attached hydrogens (tertiary/aromatic N) is 1. The molecule has 1 aromatic rings. The molecule has 2 N–H and O–H groups in total. The second-order valence-corrected chi connectivity index (χ2v) is 4.64. The highest BCUT2D eigenvalue weighted by Crippen LogP contribution is 2.32. The van der Waals surface area contributed by atoms with E-state index >= 15 is 0 Å². The summed E-state index contributed by atoms with van der Waals surface area (Å²) in [4.78, 5) is 38.4. The third kappa shape index (κ3) is 2.47. The van der Waals surface area contributed by atoms with Crippen molar-refractivity contribution in [3.05, 3.63) is 29.6 Å². The number of carboxylic acids is 1. The number of hydrogen-bond acceptors (Lipinski definition) is 4. The maximum atomic E-state index is 12.1. The first kappa shape index (κ1) is 13.2. The van der Waals surface area contributed by atoms with Gasteiger partial charge in [-0.15, -0.1) is 0 Å². The Morgan fingerprint density at radius 2 is 2.21 bits per heavy atom. The van der Waals surface area contributed by atoms with Gasteiger partial charge in [0.05, 0.1) is 6.42 Å². The van der Waals surface area contributed by atoms with E-state index in [2.05, 4.69) is 10.3 Å². The fourth-order valence-electron chi connectivity index (χ4n) is 2.24. The number of pyridine rings is 1. The quantitative estimate of drug-likeness (QED) is 0.772. The Kier molecular flexibility index (Phi) is 3.33. The van der Waals surface area contributed by atoms with Crippen molar-refractivity contribution in [2.24, 2.45) is 0 Å². The molecule has 0 aliphatic carbocycles. The molecule has 0 bridgehead atoms. The molecular weight excluding hydrogens is 248 g/mol. The van der Waals surface area contributed by atoms with Crippen LogP contribution in [0.15, 0.2) is 18.3 Å². The molecule has 1 aliphatic rings. The van der Waals surface area contributed by atoms with Crippen LogP contribution in [0.25, 0.3) is 0 Å². The van der Waals surface area contributed by atoms with E-state index in [1.807, 2.05) is 6.92 Å². The van der Waals surface area contributed by atoms with Crippen LogP contribution in [-0.4, -0.2) is 27.8 Å². The van der Waals surface area contributed by atoms with Crippen LogP contribution in [0.1, 0.15) is 30.5 Å². The lowest BCUT2D eigenvalue weighted by atomic mass is 9.84. The van der Waals surface area contributed by atoms with Crippen LogP contribution in [-0.2, 0) is 19.9 Å². The van der Waals surface area contributed by atoms with Crippen LogP contribution >= 0.6 is 0 Å². The number of nitrogens with one attached hydrogen (secondary N) is 1. The number of aliphatic carboxylic acids is 1. The molecule has 2 heterocycles. The van der Waals surface area contributed by atoms with E-state index in [1.165, 1.54) is 6.20 Å². The zero-order chi connectivity index (χ0) is 14.0. The standard InChI is InChI=1S/C13H14N2O4/c1-8-2-3-9(7-14-8)13(5-4-12(18)19)10(16)6-11(17)15-13/h2-3,7H,4-6H2,1H3,(H,15,17)(H,18,19). The highest BCUT2D eigenvalue weighted by atomic mass is 16.4. The van der Waals surface area contributed by atoms with Gasteiger partial charge in [-0.05, 0) is 19.4 Å². The van der Waals surface area contributed by atoms with Crippen molar-refractivity contribution < 1.29 is 19.5 Å². The van der Waals surface area contributed by atoms with Gasteiger partial charge in [0.25, 0.3) is 0 Å². The highest BCUT2D eigenvalue weighted by molar-refractivity contribution is 6.10. The van der Waals surface area contributed by atoms with Gasteiger partial charge in [-0.2, -0.15) is 0 Å². The van der Waals surface area contributed by atoms with Gasteiger partial charge in [-0.25, -0.2) is 0 Å². The summed E-state index contributed by atoms with van der Waals surface area (Å²) in [5, 5.41) is 11.4. The lowest BCUT2D eigenvalue weighted by Gasteiger charge is -2.27. The van der Waals surface area contributed by atoms with Gasteiger partial charge in [-0.3, -0.25) is 19.4 Å². The molecule has 1 atom stereocenters. The van der Waals surface area contributed by atoms with Crippen molar-refractivity contribution in [2.45, 2.75) is 31.7 Å². The Morgan fingerprint density at radius 1 is 1.47 bits per heavy atom. The summed E-state index contributed by atoms with van der Waals surface area (Å²) in [6.07, 6.45) is 1.14. The van der Waals surface area contributed by atoms with E-state index < -0.39 is 11.5 Å². The number of carbonyl (C=O) groups excluding carboxylic acids is 2. The second-order valence-electron chi connectivity index (χ2n) is 4.64. The SMILES string of the molecule is Cc1ccc(C2(CCC(=O)O)NC(=O)CC2=O)cn1. The van der Waals surface area contributed by atoms with Crippen LogP contribution < -0.4 is 5.32 Å². The Morgan fingerprint density at radius 3 is 2.68 bits per heavy atom. The molecule has 6 nitrogen and oxygen atoms in total. The number of ketones is 1. The van der Waals surface area contributed by atoms with E-state index in [1.54, 1.807) is 12.1 Å². The summed E-state index contributed by atoms with van der Waals surface area (Å²) in [5.41, 5.74) is 0.0833. The van der Waals surface area contributed by atoms with Crippen LogP contribution in [0.4, 0.5) is 0 Å². The van der Waals surface area contributed by atoms with Crippen LogP contribution in [0.3, 0.4) is 0 Å². The number of carboxylic acid groups (broad SMARTS) is 1. The number of carbonyl (C=O) groups is 3. The number of rotatable bonds is 4. The second kappa shape index (κ2) is 4.79. The van der Waals surface area contributed by atoms with Crippen molar-refractivity contribution in [3.63, 3.8) is 0 Å². The summed E-state index contributed by atoms with van der Waals surface area (Å²) in [7, 11) is 0. The minimum Gasteiger partial charge on any atom is -0.481 e. The summed E-state index contributed by atoms with van der Waals surface area (Å²) in [5.74, 6) is -1.69. The third-order valence-electron chi connectivity index (χ3n) is 3.27. The zero-order valence-corrected chi connectivity index (χ0v) is 10.5. The summed E-state index contributed by atoms with van der Waals surface area (Å²) < 4.78 is 0. The monoisotopic (exact) mass is 262 g/mol. The molecule has 19 heavy (non-hydrogen) atoms. The molecule has 0 saturated carbocycles. The smallest absolute Gasteiger partial charge is 0.303 e. The Balaban J connectivity index is 2.39. The van der Waals surface area contributed by atoms with Gasteiger partial charge in [0, 0.05) is 23.9 Å². The summed E-state index contributed by atoms with van der Waals surface area (Å²) in [6, 6.07) is 3.43. The minimum absolute atomic E-state index is 0.0393. The van der Waals surface area contributed by atoms with E-state index in [9.17, 15) is 14.4 Å². The molecule has 1 saturated heterocycles. The van der Waals surface area contributed by atoms with Gasteiger partial charge < -0.3 is 10.4 Å². The highest BCUT2D eigenvalue weighted by Gasteiger charge is 2.47. The van der Waals surface area contributed by atoms with E-state index in [0.717, 1.165) is 5.69 Å². The number of amides is 1. The predicted octanol–water partition coefficient (Wildman–Crippen LogP) is 0.539. The van der Waals surface area contributed by atoms with Gasteiger partial charge in [0.15, 0.2) is 5.78 Å². The van der Waals surface area contributed by atoms with Gasteiger partial charge in [0.2, 0.25) is 5.91 Å². The first-order chi connectivity index (χ1) is 8.94. The minimum atomic E-state index is -1.24. The molecule has 1 fully saturated rings. The number of aromatic nitrogens is 1. The van der Waals surface area contributed by atoms with Crippen molar-refractivity contribution in [3.8, 4) is 0 Å². The Labute approximate surface area is 109 Å². The lowest BCUT2D eigenvalue weighted by Crippen LogP contribution is -2.44. The van der Waals surface area contributed by atoms with Crippen LogP contribution in [0, 0.1) is 6.92 Å². The Bertz CT molecular complexity index is 538. The van der Waals surface area contributed by atoms with E-state index in [-0.39, 0.29) is 31.0 Å². The maximum Gasteiger partial charge on any atom is 0.303 e. The van der Waals surface area contributed by atoms with Crippen molar-refractivity contribution in [1.29, 1.82) is 0 Å². The average molecular weight is 262 g/mol. The van der Waals surface area contributed by atoms with Crippen molar-refractivity contribution in [1.82, 2.24) is 10.3 Å². The number of Topliss-reactive ketones (excluding diaryl/α,β-unsaturated/α-hetero) is 1. The number of aryl methyl sites for hydroxylation is 1. The molecule has 1 aliphatic heterocycles. The average Bonchev–Trinajstić information content (AvgIpc) is 2.63. The summed E-state index contributed by atoms with van der Waals surface area (Å²) in [6.45, 7) is 1.81.